The van der Waals surface area contributed by atoms with Gasteiger partial charge >= 0.3 is 6.18 Å². The number of benzene rings is 1. The van der Waals surface area contributed by atoms with Gasteiger partial charge in [-0.2, -0.15) is 13.2 Å². The predicted octanol–water partition coefficient (Wildman–Crippen LogP) is 3.14. The van der Waals surface area contributed by atoms with Crippen molar-refractivity contribution < 1.29 is 13.2 Å². The molecular formula is C8H7Cl2F3N2. The molecule has 1 aromatic carbocycles. The van der Waals surface area contributed by atoms with Gasteiger partial charge in [-0.25, -0.2) is 0 Å². The second-order valence-corrected chi connectivity index (χ2v) is 3.73. The molecule has 2 nitrogen and oxygen atoms in total. The fourth-order valence-corrected chi connectivity index (χ4v) is 1.48. The summed E-state index contributed by atoms with van der Waals surface area (Å²) in [5.74, 6) is 0. The SMILES string of the molecule is Nc1c(Cl)cc([C@@H](N)C(F)(F)F)cc1Cl. The normalized spacial score (nSPS) is 14.0. The Hall–Kier alpha value is -0.650. The minimum absolute atomic E-state index is 0.0384. The standard InChI is InChI=1S/C8H7Cl2F3N2/c9-4-1-3(2-5(10)6(4)14)7(15)8(11,12)13/h1-2,7H,14-15H2/t7-/m1/s1. The topological polar surface area (TPSA) is 52.0 Å². The summed E-state index contributed by atoms with van der Waals surface area (Å²) in [6.45, 7) is 0. The molecule has 0 aliphatic heterocycles. The van der Waals surface area contributed by atoms with Gasteiger partial charge in [-0.15, -0.1) is 0 Å². The minimum Gasteiger partial charge on any atom is -0.396 e. The average molecular weight is 259 g/mol. The third-order valence-electron chi connectivity index (χ3n) is 1.81. The molecule has 0 unspecified atom stereocenters. The van der Waals surface area contributed by atoms with Gasteiger partial charge in [-0.05, 0) is 17.7 Å². The molecule has 0 heterocycles. The summed E-state index contributed by atoms with van der Waals surface area (Å²) in [7, 11) is 0. The molecule has 1 rings (SSSR count). The van der Waals surface area contributed by atoms with E-state index in [2.05, 4.69) is 0 Å². The number of nitrogen functional groups attached to an aromatic ring is 1. The van der Waals surface area contributed by atoms with Crippen molar-refractivity contribution in [3.8, 4) is 0 Å². The zero-order chi connectivity index (χ0) is 11.8. The maximum Gasteiger partial charge on any atom is 0.407 e. The van der Waals surface area contributed by atoms with Crippen molar-refractivity contribution in [3.05, 3.63) is 27.7 Å². The van der Waals surface area contributed by atoms with E-state index in [1.54, 1.807) is 0 Å². The smallest absolute Gasteiger partial charge is 0.396 e. The van der Waals surface area contributed by atoms with Crippen LogP contribution in [-0.2, 0) is 0 Å². The van der Waals surface area contributed by atoms with Gasteiger partial charge in [0.05, 0.1) is 15.7 Å². The van der Waals surface area contributed by atoms with Crippen molar-refractivity contribution in [3.63, 3.8) is 0 Å². The highest BCUT2D eigenvalue weighted by molar-refractivity contribution is 6.38. The van der Waals surface area contributed by atoms with E-state index in [0.717, 1.165) is 12.1 Å². The highest BCUT2D eigenvalue weighted by Crippen LogP contribution is 2.36. The van der Waals surface area contributed by atoms with Gasteiger partial charge < -0.3 is 11.5 Å². The Morgan fingerprint density at radius 3 is 1.87 bits per heavy atom. The molecule has 7 heteroatoms. The van der Waals surface area contributed by atoms with Crippen LogP contribution in [0.4, 0.5) is 18.9 Å². The maximum atomic E-state index is 12.3. The van der Waals surface area contributed by atoms with Crippen LogP contribution in [0.5, 0.6) is 0 Å². The van der Waals surface area contributed by atoms with Crippen LogP contribution in [0, 0.1) is 0 Å². The van der Waals surface area contributed by atoms with E-state index >= 15 is 0 Å². The van der Waals surface area contributed by atoms with Crippen LogP contribution < -0.4 is 11.5 Å². The molecule has 0 fully saturated rings. The number of rotatable bonds is 1. The molecule has 0 radical (unpaired) electrons. The highest BCUT2D eigenvalue weighted by Gasteiger charge is 2.38. The fourth-order valence-electron chi connectivity index (χ4n) is 0.972. The first-order valence-electron chi connectivity index (χ1n) is 3.80. The van der Waals surface area contributed by atoms with E-state index in [1.165, 1.54) is 0 Å². The molecule has 0 saturated heterocycles. The monoisotopic (exact) mass is 258 g/mol. The zero-order valence-electron chi connectivity index (χ0n) is 7.28. The maximum absolute atomic E-state index is 12.3. The van der Waals surface area contributed by atoms with Crippen molar-refractivity contribution in [1.82, 2.24) is 0 Å². The second kappa shape index (κ2) is 4.08. The van der Waals surface area contributed by atoms with Crippen LogP contribution >= 0.6 is 23.2 Å². The number of hydrogen-bond donors (Lipinski definition) is 2. The largest absolute Gasteiger partial charge is 0.407 e. The molecule has 1 atom stereocenters. The van der Waals surface area contributed by atoms with Crippen molar-refractivity contribution >= 4 is 28.9 Å². The number of anilines is 1. The van der Waals surface area contributed by atoms with Gasteiger partial charge in [-0.3, -0.25) is 0 Å². The molecule has 0 aliphatic carbocycles. The molecule has 15 heavy (non-hydrogen) atoms. The first-order valence-corrected chi connectivity index (χ1v) is 4.55. The first kappa shape index (κ1) is 12.4. The minimum atomic E-state index is -4.54. The summed E-state index contributed by atoms with van der Waals surface area (Å²) in [6, 6.07) is -0.00455. The van der Waals surface area contributed by atoms with Gasteiger partial charge in [0.25, 0.3) is 0 Å². The van der Waals surface area contributed by atoms with E-state index in [4.69, 9.17) is 34.7 Å². The van der Waals surface area contributed by atoms with E-state index in [1.807, 2.05) is 0 Å². The quantitative estimate of drug-likeness (QED) is 0.761. The lowest BCUT2D eigenvalue weighted by Gasteiger charge is -2.17. The van der Waals surface area contributed by atoms with E-state index in [0.29, 0.717) is 0 Å². The summed E-state index contributed by atoms with van der Waals surface area (Å²) in [5, 5.41) is -0.0885. The lowest BCUT2D eigenvalue weighted by atomic mass is 10.1. The second-order valence-electron chi connectivity index (χ2n) is 2.92. The number of hydrogen-bond acceptors (Lipinski definition) is 2. The van der Waals surface area contributed by atoms with E-state index in [9.17, 15) is 13.2 Å². The molecule has 1 aromatic rings. The van der Waals surface area contributed by atoms with Crippen LogP contribution in [0.15, 0.2) is 12.1 Å². The van der Waals surface area contributed by atoms with Crippen molar-refractivity contribution in [2.45, 2.75) is 12.2 Å². The first-order chi connectivity index (χ1) is 6.73. The molecular weight excluding hydrogens is 252 g/mol. The van der Waals surface area contributed by atoms with Crippen molar-refractivity contribution in [2.75, 3.05) is 5.73 Å². The molecule has 0 aromatic heterocycles. The van der Waals surface area contributed by atoms with Crippen molar-refractivity contribution in [1.29, 1.82) is 0 Å². The lowest BCUT2D eigenvalue weighted by Crippen LogP contribution is -2.28. The van der Waals surface area contributed by atoms with Gasteiger partial charge in [-0.1, -0.05) is 23.2 Å². The third kappa shape index (κ3) is 2.68. The van der Waals surface area contributed by atoms with Gasteiger partial charge in [0.2, 0.25) is 0 Å². The van der Waals surface area contributed by atoms with Crippen molar-refractivity contribution in [2.24, 2.45) is 5.73 Å². The Morgan fingerprint density at radius 1 is 1.13 bits per heavy atom. The predicted molar refractivity (Wildman–Crippen MR) is 53.9 cm³/mol. The van der Waals surface area contributed by atoms with Gasteiger partial charge in [0.15, 0.2) is 0 Å². The zero-order valence-corrected chi connectivity index (χ0v) is 8.79. The van der Waals surface area contributed by atoms with Crippen LogP contribution in [0.1, 0.15) is 11.6 Å². The Balaban J connectivity index is 3.17. The van der Waals surface area contributed by atoms with E-state index < -0.39 is 12.2 Å². The molecule has 84 valence electrons. The summed E-state index contributed by atoms with van der Waals surface area (Å²) in [6.07, 6.45) is -4.54. The molecule has 0 aliphatic rings. The Labute approximate surface area is 93.9 Å². The fraction of sp³-hybridized carbons (Fsp3) is 0.250. The number of halogens is 5. The molecule has 0 bridgehead atoms. The van der Waals surface area contributed by atoms with Gasteiger partial charge in [0.1, 0.15) is 6.04 Å². The highest BCUT2D eigenvalue weighted by atomic mass is 35.5. The Bertz CT molecular complexity index is 356. The van der Waals surface area contributed by atoms with E-state index in [-0.39, 0.29) is 21.3 Å². The number of nitrogens with two attached hydrogens (primary N) is 2. The van der Waals surface area contributed by atoms with Crippen LogP contribution in [0.3, 0.4) is 0 Å². The molecule has 0 saturated carbocycles. The lowest BCUT2D eigenvalue weighted by molar-refractivity contribution is -0.149. The Morgan fingerprint density at radius 2 is 1.53 bits per heavy atom. The summed E-state index contributed by atoms with van der Waals surface area (Å²) in [5.41, 5.74) is 10.2. The summed E-state index contributed by atoms with van der Waals surface area (Å²) < 4.78 is 36.8. The van der Waals surface area contributed by atoms with Crippen LogP contribution in [0.25, 0.3) is 0 Å². The molecule has 0 spiro atoms. The van der Waals surface area contributed by atoms with Crippen LogP contribution in [0.2, 0.25) is 10.0 Å². The summed E-state index contributed by atoms with van der Waals surface area (Å²) in [4.78, 5) is 0. The number of alkyl halides is 3. The van der Waals surface area contributed by atoms with Gasteiger partial charge in [0, 0.05) is 0 Å². The molecule has 4 N–H and O–H groups in total. The third-order valence-corrected chi connectivity index (χ3v) is 2.44. The summed E-state index contributed by atoms with van der Waals surface area (Å²) >= 11 is 11.2. The average Bonchev–Trinajstić information content (AvgIpc) is 2.10. The molecule has 0 amide bonds. The Kier molecular flexibility index (Phi) is 3.38. The van der Waals surface area contributed by atoms with Crippen LogP contribution in [-0.4, -0.2) is 6.18 Å².